The maximum Gasteiger partial charge on any atom is 0.416 e. The first-order valence-electron chi connectivity index (χ1n) is 5.30. The smallest absolute Gasteiger partial charge is 0.416 e. The molecule has 0 atom stereocenters. The van der Waals surface area contributed by atoms with Gasteiger partial charge in [-0.25, -0.2) is 0 Å². The lowest BCUT2D eigenvalue weighted by atomic mass is 10.1. The maximum absolute atomic E-state index is 12.4. The molecule has 0 unspecified atom stereocenters. The Hall–Kier alpha value is -1.92. The summed E-state index contributed by atoms with van der Waals surface area (Å²) in [5.74, 6) is 0. The summed E-state index contributed by atoms with van der Waals surface area (Å²) in [5.41, 5.74) is 5.46. The molecule has 1 aliphatic rings. The van der Waals surface area contributed by atoms with Gasteiger partial charge in [-0.2, -0.15) is 13.2 Å². The number of ether oxygens (including phenoxy) is 1. The van der Waals surface area contributed by atoms with Crippen LogP contribution in [0.4, 0.5) is 18.9 Å². The number of nitrogens with two attached hydrogens (primary N) is 1. The highest BCUT2D eigenvalue weighted by Crippen LogP contribution is 2.31. The van der Waals surface area contributed by atoms with Crippen molar-refractivity contribution in [2.75, 3.05) is 18.9 Å². The van der Waals surface area contributed by atoms with E-state index in [4.69, 9.17) is 15.9 Å². The maximum atomic E-state index is 12.4. The van der Waals surface area contributed by atoms with E-state index in [-0.39, 0.29) is 18.3 Å². The van der Waals surface area contributed by atoms with Crippen molar-refractivity contribution < 1.29 is 17.9 Å². The molecule has 0 bridgehead atoms. The molecule has 1 aliphatic heterocycles. The summed E-state index contributed by atoms with van der Waals surface area (Å²) in [7, 11) is 0. The quantitative estimate of drug-likeness (QED) is 0.799. The average Bonchev–Trinajstić information content (AvgIpc) is 2.66. The van der Waals surface area contributed by atoms with Crippen molar-refractivity contribution in [3.63, 3.8) is 0 Å². The van der Waals surface area contributed by atoms with Crippen LogP contribution in [0.2, 0.25) is 0 Å². The van der Waals surface area contributed by atoms with E-state index >= 15 is 0 Å². The second-order valence-corrected chi connectivity index (χ2v) is 3.99. The molecule has 0 saturated carbocycles. The van der Waals surface area contributed by atoms with Gasteiger partial charge in [0.15, 0.2) is 0 Å². The lowest BCUT2D eigenvalue weighted by Crippen LogP contribution is -2.24. The molecule has 1 fully saturated rings. The van der Waals surface area contributed by atoms with Crippen LogP contribution in [0.3, 0.4) is 0 Å². The lowest BCUT2D eigenvalue weighted by Gasteiger charge is -2.17. The van der Waals surface area contributed by atoms with Gasteiger partial charge in [-0.15, -0.1) is 0 Å². The van der Waals surface area contributed by atoms with E-state index < -0.39 is 11.7 Å². The number of halogens is 3. The highest BCUT2D eigenvalue weighted by Gasteiger charge is 2.31. The molecule has 2 rings (SSSR count). The Kier molecular flexibility index (Phi) is 3.06. The molecule has 7 heteroatoms. The molecular formula is C11H12F3N3O. The van der Waals surface area contributed by atoms with Gasteiger partial charge in [0.25, 0.3) is 6.02 Å². The van der Waals surface area contributed by atoms with E-state index in [2.05, 4.69) is 0 Å². The molecule has 3 N–H and O–H groups in total. The molecule has 18 heavy (non-hydrogen) atoms. The predicted octanol–water partition coefficient (Wildman–Crippen LogP) is 2.05. The van der Waals surface area contributed by atoms with Crippen LogP contribution in [0.1, 0.15) is 11.1 Å². The van der Waals surface area contributed by atoms with Gasteiger partial charge in [0.2, 0.25) is 0 Å². The fraction of sp³-hybridized carbons (Fsp3) is 0.364. The number of alkyl halides is 3. The van der Waals surface area contributed by atoms with E-state index in [9.17, 15) is 13.2 Å². The minimum Gasteiger partial charge on any atom is -0.463 e. The minimum absolute atomic E-state index is 0.0225. The summed E-state index contributed by atoms with van der Waals surface area (Å²) in [6.07, 6.45) is -4.39. The van der Waals surface area contributed by atoms with E-state index in [0.29, 0.717) is 18.7 Å². The highest BCUT2D eigenvalue weighted by molar-refractivity contribution is 5.72. The number of nitrogens with one attached hydrogen (secondary N) is 1. The Labute approximate surface area is 102 Å². The zero-order valence-electron chi connectivity index (χ0n) is 9.42. The van der Waals surface area contributed by atoms with Crippen molar-refractivity contribution in [2.45, 2.75) is 12.7 Å². The van der Waals surface area contributed by atoms with Gasteiger partial charge in [0, 0.05) is 12.2 Å². The number of amidine groups is 1. The zero-order valence-corrected chi connectivity index (χ0v) is 9.42. The largest absolute Gasteiger partial charge is 0.463 e. The first kappa shape index (κ1) is 12.5. The van der Waals surface area contributed by atoms with E-state index in [1.165, 1.54) is 6.07 Å². The minimum atomic E-state index is -4.39. The Bertz CT molecular complexity index is 473. The van der Waals surface area contributed by atoms with Crippen LogP contribution in [0.15, 0.2) is 18.2 Å². The SMILES string of the molecule is N=C1OCCN1Cc1ccc(C(F)(F)F)cc1N. The molecule has 1 heterocycles. The number of benzene rings is 1. The Balaban J connectivity index is 2.17. The number of nitrogens with zero attached hydrogens (tertiary/aromatic N) is 1. The van der Waals surface area contributed by atoms with E-state index in [0.717, 1.165) is 12.1 Å². The van der Waals surface area contributed by atoms with Gasteiger partial charge in [0.1, 0.15) is 6.61 Å². The normalized spacial score (nSPS) is 15.9. The summed E-state index contributed by atoms with van der Waals surface area (Å²) in [5, 5.41) is 7.45. The van der Waals surface area contributed by atoms with Crippen LogP contribution in [-0.2, 0) is 17.5 Å². The number of rotatable bonds is 2. The fourth-order valence-corrected chi connectivity index (χ4v) is 1.72. The first-order chi connectivity index (χ1) is 8.38. The third-order valence-corrected chi connectivity index (χ3v) is 2.72. The Morgan fingerprint density at radius 3 is 2.61 bits per heavy atom. The monoisotopic (exact) mass is 259 g/mol. The Morgan fingerprint density at radius 2 is 2.11 bits per heavy atom. The third kappa shape index (κ3) is 2.49. The number of anilines is 1. The summed E-state index contributed by atoms with van der Waals surface area (Å²) in [6, 6.07) is 3.26. The van der Waals surface area contributed by atoms with Crippen molar-refractivity contribution in [3.8, 4) is 0 Å². The molecule has 1 aromatic carbocycles. The molecule has 0 amide bonds. The molecular weight excluding hydrogens is 247 g/mol. The van der Waals surface area contributed by atoms with Crippen molar-refractivity contribution >= 4 is 11.7 Å². The Morgan fingerprint density at radius 1 is 1.39 bits per heavy atom. The topological polar surface area (TPSA) is 62.3 Å². The van der Waals surface area contributed by atoms with Crippen LogP contribution in [0.5, 0.6) is 0 Å². The van der Waals surface area contributed by atoms with Gasteiger partial charge in [0.05, 0.1) is 12.1 Å². The van der Waals surface area contributed by atoms with E-state index in [1.54, 1.807) is 4.90 Å². The zero-order chi connectivity index (χ0) is 13.3. The number of hydrogen-bond donors (Lipinski definition) is 2. The standard InChI is InChI=1S/C11H12F3N3O/c12-11(13,14)8-2-1-7(9(15)5-8)6-17-3-4-18-10(17)16/h1-2,5,16H,3-4,6,15H2. The third-order valence-electron chi connectivity index (χ3n) is 2.72. The second kappa shape index (κ2) is 4.40. The van der Waals surface area contributed by atoms with Crippen molar-refractivity contribution in [2.24, 2.45) is 0 Å². The van der Waals surface area contributed by atoms with Crippen molar-refractivity contribution in [1.82, 2.24) is 4.90 Å². The molecule has 1 aromatic rings. The van der Waals surface area contributed by atoms with Crippen LogP contribution in [0, 0.1) is 5.41 Å². The number of nitrogen functional groups attached to an aromatic ring is 1. The number of hydrogen-bond acceptors (Lipinski definition) is 3. The van der Waals surface area contributed by atoms with Crippen LogP contribution >= 0.6 is 0 Å². The lowest BCUT2D eigenvalue weighted by molar-refractivity contribution is -0.137. The van der Waals surface area contributed by atoms with Gasteiger partial charge in [-0.3, -0.25) is 5.41 Å². The summed E-state index contributed by atoms with van der Waals surface area (Å²) >= 11 is 0. The van der Waals surface area contributed by atoms with Gasteiger partial charge in [-0.1, -0.05) is 6.07 Å². The molecule has 4 nitrogen and oxygen atoms in total. The van der Waals surface area contributed by atoms with Crippen LogP contribution < -0.4 is 5.73 Å². The molecule has 98 valence electrons. The van der Waals surface area contributed by atoms with E-state index in [1.807, 2.05) is 0 Å². The van der Waals surface area contributed by atoms with Crippen molar-refractivity contribution in [3.05, 3.63) is 29.3 Å². The molecule has 0 aromatic heterocycles. The molecule has 0 aliphatic carbocycles. The predicted molar refractivity (Wildman–Crippen MR) is 59.9 cm³/mol. The summed E-state index contributed by atoms with van der Waals surface area (Å²) in [6.45, 7) is 1.24. The summed E-state index contributed by atoms with van der Waals surface area (Å²) in [4.78, 5) is 1.61. The fourth-order valence-electron chi connectivity index (χ4n) is 1.72. The van der Waals surface area contributed by atoms with Gasteiger partial charge in [-0.05, 0) is 17.7 Å². The molecule has 1 saturated heterocycles. The van der Waals surface area contributed by atoms with Gasteiger partial charge < -0.3 is 15.4 Å². The van der Waals surface area contributed by atoms with Crippen LogP contribution in [-0.4, -0.2) is 24.1 Å². The average molecular weight is 259 g/mol. The first-order valence-corrected chi connectivity index (χ1v) is 5.30. The van der Waals surface area contributed by atoms with Crippen molar-refractivity contribution in [1.29, 1.82) is 5.41 Å². The molecule has 0 radical (unpaired) electrons. The second-order valence-electron chi connectivity index (χ2n) is 3.99. The van der Waals surface area contributed by atoms with Crippen LogP contribution in [0.25, 0.3) is 0 Å². The summed E-state index contributed by atoms with van der Waals surface area (Å²) < 4.78 is 42.3. The van der Waals surface area contributed by atoms with Gasteiger partial charge >= 0.3 is 6.18 Å². The highest BCUT2D eigenvalue weighted by atomic mass is 19.4. The molecule has 0 spiro atoms.